The molecule has 3 aromatic rings. The van der Waals surface area contributed by atoms with Crippen LogP contribution in [0.25, 0.3) is 10.6 Å². The molecule has 138 valence electrons. The molecule has 0 fully saturated rings. The quantitative estimate of drug-likeness (QED) is 0.584. The number of phenols is 1. The van der Waals surface area contributed by atoms with Crippen molar-refractivity contribution in [3.63, 3.8) is 0 Å². The molecule has 27 heavy (non-hydrogen) atoms. The number of aromatic hydroxyl groups is 1. The molecule has 0 spiro atoms. The summed E-state index contributed by atoms with van der Waals surface area (Å²) in [4.78, 5) is 27.7. The number of aromatic nitrogens is 1. The first kappa shape index (κ1) is 18.5. The van der Waals surface area contributed by atoms with Crippen LogP contribution >= 0.6 is 11.3 Å². The molecule has 1 amide bonds. The Hall–Kier alpha value is -3.33. The van der Waals surface area contributed by atoms with Crippen molar-refractivity contribution in [3.05, 3.63) is 64.2 Å². The van der Waals surface area contributed by atoms with E-state index in [1.54, 1.807) is 0 Å². The van der Waals surface area contributed by atoms with Crippen molar-refractivity contribution >= 4 is 28.9 Å². The highest BCUT2D eigenvalue weighted by atomic mass is 32.1. The van der Waals surface area contributed by atoms with Gasteiger partial charge in [-0.3, -0.25) is 4.79 Å². The highest BCUT2D eigenvalue weighted by Gasteiger charge is 2.21. The summed E-state index contributed by atoms with van der Waals surface area (Å²) in [5.74, 6) is -3.99. The van der Waals surface area contributed by atoms with Crippen LogP contribution in [0.5, 0.6) is 5.75 Å². The molecule has 0 aliphatic heterocycles. The largest absolute Gasteiger partial charge is 0.507 e. The number of nitrogens with zero attached hydrogens (tertiary/aromatic N) is 1. The van der Waals surface area contributed by atoms with Crippen molar-refractivity contribution in [2.24, 2.45) is 0 Å². The van der Waals surface area contributed by atoms with Crippen molar-refractivity contribution in [2.45, 2.75) is 6.92 Å². The summed E-state index contributed by atoms with van der Waals surface area (Å²) in [5.41, 5.74) is -0.278. The van der Waals surface area contributed by atoms with Gasteiger partial charge >= 0.3 is 5.97 Å². The van der Waals surface area contributed by atoms with Crippen molar-refractivity contribution in [1.82, 2.24) is 4.98 Å². The lowest BCUT2D eigenvalue weighted by molar-refractivity contribution is 0.0693. The molecular weight excluding hydrogens is 378 g/mol. The van der Waals surface area contributed by atoms with Crippen molar-refractivity contribution < 1.29 is 28.6 Å². The standard InChI is InChI=1S/C18H12F2N2O4S/c1-8-15(27-17(21-8)14-11(19)3-2-4-12(14)20)16(24)22-9-5-6-13(23)10(7-9)18(25)26/h2-7,23H,1H3,(H,22,24)(H,25,26). The highest BCUT2D eigenvalue weighted by molar-refractivity contribution is 7.17. The predicted molar refractivity (Wildman–Crippen MR) is 95.2 cm³/mol. The first-order valence-corrected chi connectivity index (χ1v) is 8.39. The van der Waals surface area contributed by atoms with Crippen LogP contribution in [0, 0.1) is 18.6 Å². The van der Waals surface area contributed by atoms with Crippen LogP contribution in [0.2, 0.25) is 0 Å². The van der Waals surface area contributed by atoms with Gasteiger partial charge in [-0.2, -0.15) is 0 Å². The monoisotopic (exact) mass is 390 g/mol. The molecule has 1 aromatic heterocycles. The molecule has 0 atom stereocenters. The van der Waals surface area contributed by atoms with Gasteiger partial charge in [-0.15, -0.1) is 11.3 Å². The van der Waals surface area contributed by atoms with E-state index in [4.69, 9.17) is 5.11 Å². The van der Waals surface area contributed by atoms with Gasteiger partial charge in [0.2, 0.25) is 0 Å². The number of amides is 1. The van der Waals surface area contributed by atoms with Gasteiger partial charge in [-0.25, -0.2) is 18.6 Å². The normalized spacial score (nSPS) is 10.6. The van der Waals surface area contributed by atoms with Crippen molar-refractivity contribution in [3.8, 4) is 16.3 Å². The zero-order valence-electron chi connectivity index (χ0n) is 13.8. The van der Waals surface area contributed by atoms with Gasteiger partial charge in [-0.1, -0.05) is 6.07 Å². The minimum absolute atomic E-state index is 0.0187. The third-order valence-electron chi connectivity index (χ3n) is 3.66. The number of carboxylic acids is 1. The maximum Gasteiger partial charge on any atom is 0.339 e. The Balaban J connectivity index is 1.92. The van der Waals surface area contributed by atoms with Gasteiger partial charge in [-0.05, 0) is 37.3 Å². The number of rotatable bonds is 4. The topological polar surface area (TPSA) is 99.5 Å². The zero-order chi connectivity index (χ0) is 19.7. The molecule has 0 aliphatic rings. The second kappa shape index (κ2) is 7.12. The van der Waals surface area contributed by atoms with Crippen LogP contribution in [0.4, 0.5) is 14.5 Å². The van der Waals surface area contributed by atoms with E-state index < -0.39 is 29.3 Å². The van der Waals surface area contributed by atoms with Crippen LogP contribution in [0.15, 0.2) is 36.4 Å². The summed E-state index contributed by atoms with van der Waals surface area (Å²) < 4.78 is 27.9. The Bertz CT molecular complexity index is 1050. The summed E-state index contributed by atoms with van der Waals surface area (Å²) in [6.07, 6.45) is 0. The van der Waals surface area contributed by atoms with Crippen LogP contribution in [-0.4, -0.2) is 27.1 Å². The highest BCUT2D eigenvalue weighted by Crippen LogP contribution is 2.32. The lowest BCUT2D eigenvalue weighted by atomic mass is 10.1. The molecule has 2 aromatic carbocycles. The fourth-order valence-electron chi connectivity index (χ4n) is 2.39. The molecular formula is C18H12F2N2O4S. The average Bonchev–Trinajstić information content (AvgIpc) is 2.97. The smallest absolute Gasteiger partial charge is 0.339 e. The fraction of sp³-hybridized carbons (Fsp3) is 0.0556. The van der Waals surface area contributed by atoms with E-state index in [-0.39, 0.29) is 32.4 Å². The Morgan fingerprint density at radius 2 is 1.81 bits per heavy atom. The van der Waals surface area contributed by atoms with Crippen LogP contribution in [0.1, 0.15) is 25.7 Å². The first-order chi connectivity index (χ1) is 12.8. The van der Waals surface area contributed by atoms with Gasteiger partial charge in [0.05, 0.1) is 11.3 Å². The van der Waals surface area contributed by atoms with E-state index in [9.17, 15) is 23.5 Å². The molecule has 1 heterocycles. The number of nitrogens with one attached hydrogen (secondary N) is 1. The van der Waals surface area contributed by atoms with E-state index in [0.29, 0.717) is 0 Å². The Labute approximate surface area is 155 Å². The van der Waals surface area contributed by atoms with Gasteiger partial charge in [0.1, 0.15) is 32.8 Å². The molecule has 0 aliphatic carbocycles. The number of carboxylic acid groups (broad SMARTS) is 1. The van der Waals surface area contributed by atoms with E-state index in [0.717, 1.165) is 35.6 Å². The van der Waals surface area contributed by atoms with Crippen LogP contribution < -0.4 is 5.32 Å². The molecule has 0 bridgehead atoms. The fourth-order valence-corrected chi connectivity index (χ4v) is 3.40. The molecule has 0 saturated carbocycles. The number of benzene rings is 2. The van der Waals surface area contributed by atoms with Crippen LogP contribution in [-0.2, 0) is 0 Å². The number of halogens is 2. The Kier molecular flexibility index (Phi) is 4.87. The molecule has 0 saturated heterocycles. The number of carbonyl (C=O) groups excluding carboxylic acids is 1. The Morgan fingerprint density at radius 1 is 1.15 bits per heavy atom. The number of aryl methyl sites for hydroxylation is 1. The Morgan fingerprint density at radius 3 is 2.44 bits per heavy atom. The number of thiazole rings is 1. The molecule has 9 heteroatoms. The number of hydrogen-bond donors (Lipinski definition) is 3. The number of aromatic carboxylic acids is 1. The number of carbonyl (C=O) groups is 2. The third kappa shape index (κ3) is 3.63. The number of hydrogen-bond acceptors (Lipinski definition) is 5. The summed E-state index contributed by atoms with van der Waals surface area (Å²) in [6.45, 7) is 1.52. The van der Waals surface area contributed by atoms with E-state index in [1.165, 1.54) is 19.1 Å². The lowest BCUT2D eigenvalue weighted by Gasteiger charge is -2.06. The summed E-state index contributed by atoms with van der Waals surface area (Å²) >= 11 is 0.813. The van der Waals surface area contributed by atoms with E-state index in [1.807, 2.05) is 0 Å². The molecule has 6 nitrogen and oxygen atoms in total. The van der Waals surface area contributed by atoms with Gasteiger partial charge in [0.25, 0.3) is 5.91 Å². The zero-order valence-corrected chi connectivity index (χ0v) is 14.6. The maximum absolute atomic E-state index is 13.9. The van der Waals surface area contributed by atoms with Crippen molar-refractivity contribution in [1.29, 1.82) is 0 Å². The minimum atomic E-state index is -1.35. The summed E-state index contributed by atoms with van der Waals surface area (Å²) in [5, 5.41) is 21.0. The molecule has 3 N–H and O–H groups in total. The van der Waals surface area contributed by atoms with E-state index >= 15 is 0 Å². The second-order valence-corrected chi connectivity index (χ2v) is 6.52. The SMILES string of the molecule is Cc1nc(-c2c(F)cccc2F)sc1C(=O)Nc1ccc(O)c(C(=O)O)c1. The summed E-state index contributed by atoms with van der Waals surface area (Å²) in [6, 6.07) is 6.99. The third-order valence-corrected chi connectivity index (χ3v) is 4.84. The molecule has 0 unspecified atom stereocenters. The van der Waals surface area contributed by atoms with Gasteiger partial charge in [0, 0.05) is 5.69 Å². The number of anilines is 1. The van der Waals surface area contributed by atoms with E-state index in [2.05, 4.69) is 10.3 Å². The maximum atomic E-state index is 13.9. The van der Waals surface area contributed by atoms with Gasteiger partial charge in [0.15, 0.2) is 0 Å². The molecule has 3 rings (SSSR count). The predicted octanol–water partition coefficient (Wildman–Crippen LogP) is 4.05. The minimum Gasteiger partial charge on any atom is -0.507 e. The van der Waals surface area contributed by atoms with Crippen LogP contribution in [0.3, 0.4) is 0 Å². The molecule has 0 radical (unpaired) electrons. The van der Waals surface area contributed by atoms with Gasteiger partial charge < -0.3 is 15.5 Å². The average molecular weight is 390 g/mol. The second-order valence-electron chi connectivity index (χ2n) is 5.52. The lowest BCUT2D eigenvalue weighted by Crippen LogP contribution is -2.12. The van der Waals surface area contributed by atoms with Crippen molar-refractivity contribution in [2.75, 3.05) is 5.32 Å². The summed E-state index contributed by atoms with van der Waals surface area (Å²) in [7, 11) is 0. The first-order valence-electron chi connectivity index (χ1n) is 7.57.